The van der Waals surface area contributed by atoms with Gasteiger partial charge in [-0.3, -0.25) is 9.35 Å². The predicted molar refractivity (Wildman–Crippen MR) is 113 cm³/mol. The van der Waals surface area contributed by atoms with Gasteiger partial charge in [0, 0.05) is 30.7 Å². The predicted octanol–water partition coefficient (Wildman–Crippen LogP) is 1.53. The molecule has 13 heteroatoms. The molecule has 2 heterocycles. The summed E-state index contributed by atoms with van der Waals surface area (Å²) in [7, 11) is -3.67. The monoisotopic (exact) mass is 479 g/mol. The highest BCUT2D eigenvalue weighted by Crippen LogP contribution is 2.31. The third-order valence-corrected chi connectivity index (χ3v) is 5.03. The Morgan fingerprint density at radius 1 is 1.31 bits per heavy atom. The van der Waals surface area contributed by atoms with Crippen LogP contribution in [0, 0.1) is 5.82 Å². The Labute approximate surface area is 182 Å². The fourth-order valence-corrected chi connectivity index (χ4v) is 3.35. The van der Waals surface area contributed by atoms with Crippen LogP contribution in [-0.4, -0.2) is 67.3 Å². The number of rotatable bonds is 5. The van der Waals surface area contributed by atoms with Gasteiger partial charge in [0.05, 0.1) is 23.0 Å². The Morgan fingerprint density at radius 2 is 1.88 bits per heavy atom. The molecule has 9 nitrogen and oxygen atoms in total. The fraction of sp³-hybridized carbons (Fsp3) is 0.474. The molecule has 2 aromatic rings. The summed E-state index contributed by atoms with van der Waals surface area (Å²) in [6.07, 6.45) is 2.30. The highest BCUT2D eigenvalue weighted by Gasteiger charge is 2.31. The van der Waals surface area contributed by atoms with E-state index in [0.717, 1.165) is 16.8 Å². The summed E-state index contributed by atoms with van der Waals surface area (Å²) in [6, 6.07) is 2.13. The second kappa shape index (κ2) is 9.46. The molecule has 1 aliphatic rings. The molecule has 0 unspecified atom stereocenters. The van der Waals surface area contributed by atoms with E-state index in [-0.39, 0.29) is 22.6 Å². The highest BCUT2D eigenvalue weighted by atomic mass is 32.2. The quantitative estimate of drug-likeness (QED) is 0.548. The van der Waals surface area contributed by atoms with E-state index in [2.05, 4.69) is 0 Å². The normalized spacial score (nSPS) is 16.7. The number of halogens is 3. The standard InChI is InChI=1S/C18H20F3N3O3.CH4O3S/c1-18(8-19,9-20)24-7-12(17(26)27)16(25)11-4-13(21)15(5-14(11)24)23-3-2-10(22)6-23;1-5(2,3)4/h4-5,7,10H,2-3,6,8-9,22H2,1H3,(H,26,27);1H3,(H,2,3,4)/t10-;/m0./s1. The van der Waals surface area contributed by atoms with Gasteiger partial charge >= 0.3 is 5.97 Å². The molecular weight excluding hydrogens is 455 g/mol. The molecule has 0 aliphatic carbocycles. The van der Waals surface area contributed by atoms with Crippen molar-refractivity contribution in [1.82, 2.24) is 4.57 Å². The van der Waals surface area contributed by atoms with Gasteiger partial charge in [0.15, 0.2) is 0 Å². The third kappa shape index (κ3) is 5.58. The Bertz CT molecular complexity index is 1170. The van der Waals surface area contributed by atoms with Gasteiger partial charge in [-0.2, -0.15) is 8.42 Å². The number of carboxylic acid groups (broad SMARTS) is 1. The van der Waals surface area contributed by atoms with Gasteiger partial charge in [-0.1, -0.05) is 0 Å². The average molecular weight is 479 g/mol. The van der Waals surface area contributed by atoms with Gasteiger partial charge < -0.3 is 20.3 Å². The summed E-state index contributed by atoms with van der Waals surface area (Å²) < 4.78 is 68.9. The minimum Gasteiger partial charge on any atom is -0.477 e. The summed E-state index contributed by atoms with van der Waals surface area (Å²) in [4.78, 5) is 25.6. The van der Waals surface area contributed by atoms with E-state index in [1.807, 2.05) is 0 Å². The molecule has 1 fully saturated rings. The second-order valence-corrected chi connectivity index (χ2v) is 9.33. The number of aromatic nitrogens is 1. The number of carbonyl (C=O) groups is 1. The van der Waals surface area contributed by atoms with Crippen LogP contribution in [0.1, 0.15) is 23.7 Å². The molecule has 32 heavy (non-hydrogen) atoms. The Kier molecular flexibility index (Phi) is 7.58. The molecule has 1 aromatic heterocycles. The van der Waals surface area contributed by atoms with E-state index >= 15 is 0 Å². The van der Waals surface area contributed by atoms with E-state index in [1.165, 1.54) is 13.0 Å². The summed E-state index contributed by atoms with van der Waals surface area (Å²) in [6.45, 7) is -0.102. The van der Waals surface area contributed by atoms with E-state index in [9.17, 15) is 36.3 Å². The number of hydrogen-bond donors (Lipinski definition) is 3. The van der Waals surface area contributed by atoms with Crippen molar-refractivity contribution in [2.45, 2.75) is 24.9 Å². The molecule has 1 aromatic carbocycles. The lowest BCUT2D eigenvalue weighted by Gasteiger charge is -2.29. The van der Waals surface area contributed by atoms with Crippen LogP contribution in [0.5, 0.6) is 0 Å². The summed E-state index contributed by atoms with van der Waals surface area (Å²) in [5.41, 5.74) is 2.78. The van der Waals surface area contributed by atoms with Crippen molar-refractivity contribution in [2.75, 3.05) is 37.6 Å². The van der Waals surface area contributed by atoms with Crippen LogP contribution >= 0.6 is 0 Å². The lowest BCUT2D eigenvalue weighted by Crippen LogP contribution is -2.37. The molecule has 0 bridgehead atoms. The molecular formula is C19H24F3N3O6S. The number of aromatic carboxylic acids is 1. The van der Waals surface area contributed by atoms with Crippen molar-refractivity contribution in [3.8, 4) is 0 Å². The van der Waals surface area contributed by atoms with Crippen molar-refractivity contribution < 1.29 is 36.0 Å². The van der Waals surface area contributed by atoms with Gasteiger partial charge in [-0.15, -0.1) is 0 Å². The first-order valence-electron chi connectivity index (χ1n) is 9.39. The van der Waals surface area contributed by atoms with Crippen molar-refractivity contribution >= 4 is 32.7 Å². The maximum Gasteiger partial charge on any atom is 0.341 e. The molecule has 178 valence electrons. The van der Waals surface area contributed by atoms with Crippen LogP contribution in [0.2, 0.25) is 0 Å². The van der Waals surface area contributed by atoms with Gasteiger partial charge in [0.1, 0.15) is 24.7 Å². The van der Waals surface area contributed by atoms with Crippen molar-refractivity contribution in [3.63, 3.8) is 0 Å². The average Bonchev–Trinajstić information content (AvgIpc) is 3.12. The van der Waals surface area contributed by atoms with Crippen molar-refractivity contribution in [1.29, 1.82) is 0 Å². The van der Waals surface area contributed by atoms with Crippen LogP contribution in [0.25, 0.3) is 10.9 Å². The minimum absolute atomic E-state index is 0.0691. The largest absolute Gasteiger partial charge is 0.477 e. The van der Waals surface area contributed by atoms with Gasteiger partial charge in [0.25, 0.3) is 10.1 Å². The van der Waals surface area contributed by atoms with E-state index in [0.29, 0.717) is 25.8 Å². The first-order chi connectivity index (χ1) is 14.7. The number of carboxylic acids is 1. The Hall–Kier alpha value is -2.64. The maximum atomic E-state index is 14.7. The third-order valence-electron chi connectivity index (χ3n) is 5.03. The van der Waals surface area contributed by atoms with Gasteiger partial charge in [-0.25, -0.2) is 18.0 Å². The zero-order chi connectivity index (χ0) is 24.4. The number of alkyl halides is 2. The van der Waals surface area contributed by atoms with Crippen molar-refractivity contribution in [3.05, 3.63) is 39.9 Å². The van der Waals surface area contributed by atoms with Gasteiger partial charge in [-0.05, 0) is 25.5 Å². The summed E-state index contributed by atoms with van der Waals surface area (Å²) in [5, 5.41) is 9.03. The molecule has 0 radical (unpaired) electrons. The summed E-state index contributed by atoms with van der Waals surface area (Å²) >= 11 is 0. The first-order valence-corrected chi connectivity index (χ1v) is 11.2. The van der Waals surface area contributed by atoms with Crippen LogP contribution in [0.4, 0.5) is 18.9 Å². The molecule has 4 N–H and O–H groups in total. The number of fused-ring (bicyclic) bond motifs is 1. The zero-order valence-electron chi connectivity index (χ0n) is 17.4. The molecule has 1 aliphatic heterocycles. The van der Waals surface area contributed by atoms with Gasteiger partial charge in [0.2, 0.25) is 5.43 Å². The fourth-order valence-electron chi connectivity index (χ4n) is 3.35. The molecule has 0 saturated carbocycles. The minimum atomic E-state index is -3.67. The number of hydrogen-bond acceptors (Lipinski definition) is 6. The smallest absolute Gasteiger partial charge is 0.341 e. The highest BCUT2D eigenvalue weighted by molar-refractivity contribution is 7.85. The van der Waals surface area contributed by atoms with E-state index < -0.39 is 51.8 Å². The number of anilines is 1. The Balaban J connectivity index is 0.000000654. The number of benzene rings is 1. The maximum absolute atomic E-state index is 14.7. The molecule has 0 amide bonds. The second-order valence-electron chi connectivity index (χ2n) is 7.86. The zero-order valence-corrected chi connectivity index (χ0v) is 18.2. The molecule has 1 atom stereocenters. The summed E-state index contributed by atoms with van der Waals surface area (Å²) in [5.74, 6) is -2.27. The van der Waals surface area contributed by atoms with Crippen LogP contribution in [-0.2, 0) is 15.7 Å². The lowest BCUT2D eigenvalue weighted by atomic mass is 10.0. The van der Waals surface area contributed by atoms with Crippen LogP contribution < -0.4 is 16.1 Å². The lowest BCUT2D eigenvalue weighted by molar-refractivity contribution is 0.0693. The first kappa shape index (κ1) is 25.6. The number of nitrogens with zero attached hydrogens (tertiary/aromatic N) is 2. The van der Waals surface area contributed by atoms with Crippen LogP contribution in [0.3, 0.4) is 0 Å². The van der Waals surface area contributed by atoms with E-state index in [1.54, 1.807) is 4.90 Å². The van der Waals surface area contributed by atoms with E-state index in [4.69, 9.17) is 10.3 Å². The Morgan fingerprint density at radius 3 is 2.31 bits per heavy atom. The van der Waals surface area contributed by atoms with Crippen molar-refractivity contribution in [2.24, 2.45) is 5.73 Å². The SMILES string of the molecule is CC(CF)(CF)n1cc(C(=O)O)c(=O)c2cc(F)c(N3CC[C@H](N)C3)cc21.CS(=O)(=O)O. The van der Waals surface area contributed by atoms with Crippen LogP contribution in [0.15, 0.2) is 23.1 Å². The number of nitrogens with two attached hydrogens (primary N) is 1. The molecule has 0 spiro atoms. The number of pyridine rings is 1. The molecule has 1 saturated heterocycles. The molecule has 3 rings (SSSR count). The topological polar surface area (TPSA) is 143 Å².